The molecule has 5 nitrogen and oxygen atoms in total. The molecule has 0 fully saturated rings. The van der Waals surface area contributed by atoms with E-state index in [9.17, 15) is 0 Å². The molecule has 0 atom stereocenters. The zero-order valence-corrected chi connectivity index (χ0v) is 14.4. The monoisotopic (exact) mass is 345 g/mol. The Hall–Kier alpha value is -2.18. The van der Waals surface area contributed by atoms with Crippen molar-refractivity contribution in [2.24, 2.45) is 0 Å². The van der Waals surface area contributed by atoms with Crippen molar-refractivity contribution in [3.05, 3.63) is 52.3 Å². The minimum atomic E-state index is 0.661. The lowest BCUT2D eigenvalue weighted by molar-refractivity contribution is 1.07. The summed E-state index contributed by atoms with van der Waals surface area (Å²) in [6.07, 6.45) is 1.53. The topological polar surface area (TPSA) is 62.7 Å². The molecule has 3 rings (SSSR count). The number of thiazole rings is 1. The standard InChI is InChI=1S/C16H16ClN5S/c1-10-13(8-19-15-7-14(18-2)20-9-21-15)23-16(22-10)11-5-3-4-6-12(11)17/h3-7,9H,8H2,1-2H3,(H2,18,19,20,21). The summed E-state index contributed by atoms with van der Waals surface area (Å²) in [6, 6.07) is 9.62. The molecule has 2 heterocycles. The molecule has 0 radical (unpaired) electrons. The summed E-state index contributed by atoms with van der Waals surface area (Å²) in [6.45, 7) is 2.67. The Kier molecular flexibility index (Phi) is 4.73. The number of nitrogens with zero attached hydrogens (tertiary/aromatic N) is 3. The van der Waals surface area contributed by atoms with Crippen LogP contribution in [-0.2, 0) is 6.54 Å². The second-order valence-electron chi connectivity index (χ2n) is 4.90. The van der Waals surface area contributed by atoms with Crippen molar-refractivity contribution in [3.63, 3.8) is 0 Å². The fourth-order valence-electron chi connectivity index (χ4n) is 2.10. The zero-order chi connectivity index (χ0) is 16.2. The van der Waals surface area contributed by atoms with E-state index in [0.29, 0.717) is 6.54 Å². The average molecular weight is 346 g/mol. The molecule has 0 aliphatic heterocycles. The van der Waals surface area contributed by atoms with Gasteiger partial charge in [0.05, 0.1) is 17.3 Å². The Bertz CT molecular complexity index is 818. The van der Waals surface area contributed by atoms with Crippen LogP contribution in [0, 0.1) is 6.92 Å². The Labute approximate surface area is 143 Å². The number of nitrogens with one attached hydrogen (secondary N) is 2. The van der Waals surface area contributed by atoms with Crippen LogP contribution < -0.4 is 10.6 Å². The van der Waals surface area contributed by atoms with Crippen molar-refractivity contribution in [1.82, 2.24) is 15.0 Å². The summed E-state index contributed by atoms with van der Waals surface area (Å²) in [7, 11) is 1.83. The second kappa shape index (κ2) is 6.93. The third kappa shape index (κ3) is 3.60. The number of hydrogen-bond donors (Lipinski definition) is 2. The minimum Gasteiger partial charge on any atom is -0.373 e. The number of hydrogen-bond acceptors (Lipinski definition) is 6. The molecular weight excluding hydrogens is 330 g/mol. The van der Waals surface area contributed by atoms with Crippen molar-refractivity contribution in [1.29, 1.82) is 0 Å². The van der Waals surface area contributed by atoms with Crippen molar-refractivity contribution < 1.29 is 0 Å². The molecule has 7 heteroatoms. The number of aromatic nitrogens is 3. The molecule has 2 aromatic heterocycles. The Balaban J connectivity index is 1.78. The van der Waals surface area contributed by atoms with Gasteiger partial charge in [-0.2, -0.15) is 0 Å². The zero-order valence-electron chi connectivity index (χ0n) is 12.8. The fourth-order valence-corrected chi connectivity index (χ4v) is 3.43. The van der Waals surface area contributed by atoms with Gasteiger partial charge < -0.3 is 10.6 Å². The van der Waals surface area contributed by atoms with Crippen molar-refractivity contribution in [2.45, 2.75) is 13.5 Å². The van der Waals surface area contributed by atoms with Crippen LogP contribution in [0.1, 0.15) is 10.6 Å². The summed E-state index contributed by atoms with van der Waals surface area (Å²) in [5.74, 6) is 1.55. The molecule has 118 valence electrons. The largest absolute Gasteiger partial charge is 0.373 e. The third-order valence-electron chi connectivity index (χ3n) is 3.35. The van der Waals surface area contributed by atoms with E-state index in [1.807, 2.05) is 44.3 Å². The highest BCUT2D eigenvalue weighted by molar-refractivity contribution is 7.15. The number of rotatable bonds is 5. The van der Waals surface area contributed by atoms with Gasteiger partial charge in [-0.15, -0.1) is 11.3 Å². The minimum absolute atomic E-state index is 0.661. The Morgan fingerprint density at radius 2 is 1.96 bits per heavy atom. The normalized spacial score (nSPS) is 10.6. The molecule has 0 aliphatic rings. The van der Waals surface area contributed by atoms with E-state index in [0.717, 1.165) is 37.8 Å². The van der Waals surface area contributed by atoms with Gasteiger partial charge in [-0.3, -0.25) is 0 Å². The lowest BCUT2D eigenvalue weighted by atomic mass is 10.2. The maximum Gasteiger partial charge on any atom is 0.131 e. The molecule has 0 unspecified atom stereocenters. The van der Waals surface area contributed by atoms with Gasteiger partial charge in [0, 0.05) is 23.6 Å². The molecule has 23 heavy (non-hydrogen) atoms. The van der Waals surface area contributed by atoms with Crippen LogP contribution in [0.3, 0.4) is 0 Å². The molecule has 1 aromatic carbocycles. The first-order valence-electron chi connectivity index (χ1n) is 7.12. The maximum atomic E-state index is 6.25. The first-order chi connectivity index (χ1) is 11.2. The van der Waals surface area contributed by atoms with Gasteiger partial charge >= 0.3 is 0 Å². The number of halogens is 1. The molecule has 0 saturated heterocycles. The van der Waals surface area contributed by atoms with Crippen LogP contribution in [0.4, 0.5) is 11.6 Å². The summed E-state index contributed by atoms with van der Waals surface area (Å²) < 4.78 is 0. The first-order valence-corrected chi connectivity index (χ1v) is 8.31. The van der Waals surface area contributed by atoms with Crippen molar-refractivity contribution in [3.8, 4) is 10.6 Å². The molecule has 0 spiro atoms. The SMILES string of the molecule is CNc1cc(NCc2sc(-c3ccccc3Cl)nc2C)ncn1. The van der Waals surface area contributed by atoms with Crippen LogP contribution in [0.15, 0.2) is 36.7 Å². The smallest absolute Gasteiger partial charge is 0.131 e. The Morgan fingerprint density at radius 3 is 2.74 bits per heavy atom. The number of anilines is 2. The van der Waals surface area contributed by atoms with E-state index in [4.69, 9.17) is 11.6 Å². The molecule has 0 aliphatic carbocycles. The van der Waals surface area contributed by atoms with Gasteiger partial charge in [0.15, 0.2) is 0 Å². The highest BCUT2D eigenvalue weighted by Crippen LogP contribution is 2.32. The lowest BCUT2D eigenvalue weighted by Crippen LogP contribution is -2.02. The predicted molar refractivity (Wildman–Crippen MR) is 96.2 cm³/mol. The molecule has 0 saturated carbocycles. The van der Waals surface area contributed by atoms with Crippen LogP contribution in [-0.4, -0.2) is 22.0 Å². The van der Waals surface area contributed by atoms with Crippen LogP contribution in [0.5, 0.6) is 0 Å². The number of benzene rings is 1. The van der Waals surface area contributed by atoms with Gasteiger partial charge in [0.25, 0.3) is 0 Å². The van der Waals surface area contributed by atoms with Gasteiger partial charge in [-0.25, -0.2) is 15.0 Å². The maximum absolute atomic E-state index is 6.25. The molecule has 3 aromatic rings. The fraction of sp³-hybridized carbons (Fsp3) is 0.188. The molecule has 0 amide bonds. The van der Waals surface area contributed by atoms with Crippen LogP contribution in [0.25, 0.3) is 10.6 Å². The van der Waals surface area contributed by atoms with E-state index in [1.165, 1.54) is 6.33 Å². The van der Waals surface area contributed by atoms with Crippen molar-refractivity contribution in [2.75, 3.05) is 17.7 Å². The quantitative estimate of drug-likeness (QED) is 0.725. The van der Waals surface area contributed by atoms with E-state index >= 15 is 0 Å². The predicted octanol–water partition coefficient (Wildman–Crippen LogP) is 4.22. The first kappa shape index (κ1) is 15.7. The summed E-state index contributed by atoms with van der Waals surface area (Å²) in [5, 5.41) is 7.95. The number of aryl methyl sites for hydroxylation is 1. The summed E-state index contributed by atoms with van der Waals surface area (Å²) in [5.41, 5.74) is 1.97. The van der Waals surface area contributed by atoms with E-state index in [2.05, 4.69) is 25.6 Å². The van der Waals surface area contributed by atoms with E-state index in [-0.39, 0.29) is 0 Å². The van der Waals surface area contributed by atoms with Crippen LogP contribution in [0.2, 0.25) is 5.02 Å². The highest BCUT2D eigenvalue weighted by atomic mass is 35.5. The van der Waals surface area contributed by atoms with Gasteiger partial charge in [-0.05, 0) is 13.0 Å². The van der Waals surface area contributed by atoms with Crippen molar-refractivity contribution >= 4 is 34.6 Å². The Morgan fingerprint density at radius 1 is 1.17 bits per heavy atom. The molecule has 2 N–H and O–H groups in total. The van der Waals surface area contributed by atoms with Crippen LogP contribution >= 0.6 is 22.9 Å². The molecule has 0 bridgehead atoms. The summed E-state index contributed by atoms with van der Waals surface area (Å²) >= 11 is 7.89. The van der Waals surface area contributed by atoms with E-state index < -0.39 is 0 Å². The third-order valence-corrected chi connectivity index (χ3v) is 4.87. The lowest BCUT2D eigenvalue weighted by Gasteiger charge is -2.05. The molecular formula is C16H16ClN5S. The van der Waals surface area contributed by atoms with E-state index in [1.54, 1.807) is 11.3 Å². The second-order valence-corrected chi connectivity index (χ2v) is 6.39. The van der Waals surface area contributed by atoms with Gasteiger partial charge in [0.1, 0.15) is 23.0 Å². The average Bonchev–Trinajstić information content (AvgIpc) is 2.94. The van der Waals surface area contributed by atoms with Gasteiger partial charge in [-0.1, -0.05) is 29.8 Å². The highest BCUT2D eigenvalue weighted by Gasteiger charge is 2.12. The van der Waals surface area contributed by atoms with Gasteiger partial charge in [0.2, 0.25) is 0 Å². The summed E-state index contributed by atoms with van der Waals surface area (Å²) in [4.78, 5) is 14.1.